The summed E-state index contributed by atoms with van der Waals surface area (Å²) in [6, 6.07) is 6.79. The van der Waals surface area contributed by atoms with Crippen molar-refractivity contribution in [1.29, 1.82) is 0 Å². The number of hydrogen-bond donors (Lipinski definition) is 1. The largest absolute Gasteiger partial charge is 0.479 e. The number of nitrogens with zero attached hydrogens (tertiary/aromatic N) is 5. The summed E-state index contributed by atoms with van der Waals surface area (Å²) < 4.78 is 51.3. The number of aromatic nitrogens is 3. The van der Waals surface area contributed by atoms with Gasteiger partial charge in [0.2, 0.25) is 5.88 Å². The molecule has 2 fully saturated rings. The molecule has 5 rings (SSSR count). The van der Waals surface area contributed by atoms with Gasteiger partial charge in [-0.25, -0.2) is 9.97 Å². The van der Waals surface area contributed by atoms with Gasteiger partial charge >= 0.3 is 6.18 Å². The summed E-state index contributed by atoms with van der Waals surface area (Å²) in [5, 5.41) is 4.02. The van der Waals surface area contributed by atoms with Crippen molar-refractivity contribution in [2.24, 2.45) is 0 Å². The number of hydrogen-bond acceptors (Lipinski definition) is 8. The molecule has 2 aliphatic heterocycles. The molecule has 0 amide bonds. The Morgan fingerprint density at radius 1 is 1.08 bits per heavy atom. The van der Waals surface area contributed by atoms with E-state index in [9.17, 15) is 13.2 Å². The Morgan fingerprint density at radius 3 is 2.46 bits per heavy atom. The van der Waals surface area contributed by atoms with Crippen molar-refractivity contribution in [3.05, 3.63) is 46.8 Å². The van der Waals surface area contributed by atoms with Crippen LogP contribution < -0.4 is 15.0 Å². The summed E-state index contributed by atoms with van der Waals surface area (Å²) in [4.78, 5) is 18.6. The minimum Gasteiger partial charge on any atom is -0.479 e. The van der Waals surface area contributed by atoms with Crippen LogP contribution in [-0.4, -0.2) is 72.4 Å². The molecule has 1 aromatic carbocycles. The molecule has 4 heterocycles. The van der Waals surface area contributed by atoms with Crippen LogP contribution >= 0.6 is 22.6 Å². The highest BCUT2D eigenvalue weighted by Crippen LogP contribution is 2.39. The second-order valence-corrected chi connectivity index (χ2v) is 11.1. The van der Waals surface area contributed by atoms with Crippen LogP contribution in [0.2, 0.25) is 0 Å². The van der Waals surface area contributed by atoms with E-state index in [2.05, 4.69) is 47.7 Å². The maximum absolute atomic E-state index is 13.5. The van der Waals surface area contributed by atoms with Gasteiger partial charge in [-0.3, -0.25) is 4.90 Å². The van der Waals surface area contributed by atoms with Gasteiger partial charge in [0.25, 0.3) is 0 Å². The predicted octanol–water partition coefficient (Wildman–Crippen LogP) is 5.52. The van der Waals surface area contributed by atoms with E-state index in [1.165, 1.54) is 13.0 Å². The Kier molecular flexibility index (Phi) is 8.34. The van der Waals surface area contributed by atoms with Crippen molar-refractivity contribution in [2.75, 3.05) is 56.7 Å². The number of anilines is 2. The van der Waals surface area contributed by atoms with Crippen LogP contribution in [0.15, 0.2) is 24.3 Å². The summed E-state index contributed by atoms with van der Waals surface area (Å²) in [5.41, 5.74) is 1.42. The molecule has 0 aliphatic carbocycles. The Hall–Kier alpha value is -2.45. The maximum atomic E-state index is 13.5. The first kappa shape index (κ1) is 28.1. The number of pyridine rings is 1. The lowest BCUT2D eigenvalue weighted by molar-refractivity contribution is -0.138. The first-order valence-electron chi connectivity index (χ1n) is 13.0. The Labute approximate surface area is 239 Å². The van der Waals surface area contributed by atoms with Crippen molar-refractivity contribution < 1.29 is 22.6 Å². The van der Waals surface area contributed by atoms with E-state index in [1.807, 2.05) is 6.07 Å². The number of benzene rings is 1. The van der Waals surface area contributed by atoms with Gasteiger partial charge in [-0.1, -0.05) is 34.7 Å². The number of rotatable bonds is 6. The monoisotopic (exact) mass is 656 g/mol. The Morgan fingerprint density at radius 2 is 1.79 bits per heavy atom. The molecule has 1 atom stereocenters. The fourth-order valence-corrected chi connectivity index (χ4v) is 6.40. The molecule has 0 radical (unpaired) electrons. The van der Waals surface area contributed by atoms with Gasteiger partial charge in [-0.05, 0) is 49.9 Å². The van der Waals surface area contributed by atoms with Crippen molar-refractivity contribution in [2.45, 2.75) is 43.0 Å². The van der Waals surface area contributed by atoms with Gasteiger partial charge in [0, 0.05) is 45.4 Å². The fourth-order valence-electron chi connectivity index (χ4n) is 5.43. The molecule has 0 unspecified atom stereocenters. The zero-order valence-electron chi connectivity index (χ0n) is 22.2. The quantitative estimate of drug-likeness (QED) is 0.212. The Bertz CT molecular complexity index is 1330. The van der Waals surface area contributed by atoms with E-state index in [0.717, 1.165) is 64.0 Å². The van der Waals surface area contributed by atoms with Crippen LogP contribution in [0.1, 0.15) is 39.4 Å². The van der Waals surface area contributed by atoms with Crippen LogP contribution in [-0.2, 0) is 10.9 Å². The number of aryl methyl sites for hydroxylation is 1. The smallest absolute Gasteiger partial charge is 0.416 e. The van der Waals surface area contributed by atoms with Crippen molar-refractivity contribution >= 4 is 45.1 Å². The third-order valence-electron chi connectivity index (χ3n) is 7.52. The standard InChI is InChI=1S/C27H32F3IN6O2/c1-16-19(5-4-6-21(16)27(28,29)30)23(31)34-24-20-15-22(26(38-3)35-25(20)33-17(2)32-24)37-11-9-36(10-12-37)18-7-13-39-14-8-18/h4-6,15,18,23H,7-14H2,1-3H3,(H,32,33,34,35)/t23-/m0/s1. The topological polar surface area (TPSA) is 75.6 Å². The summed E-state index contributed by atoms with van der Waals surface area (Å²) in [5.74, 6) is 1.51. The van der Waals surface area contributed by atoms with Crippen LogP contribution in [0.4, 0.5) is 24.7 Å². The van der Waals surface area contributed by atoms with Crippen LogP contribution in [0, 0.1) is 13.8 Å². The first-order valence-corrected chi connectivity index (χ1v) is 14.3. The molecule has 2 aromatic heterocycles. The average molecular weight is 656 g/mol. The van der Waals surface area contributed by atoms with E-state index < -0.39 is 15.8 Å². The zero-order valence-corrected chi connectivity index (χ0v) is 24.3. The summed E-state index contributed by atoms with van der Waals surface area (Å²) in [7, 11) is 1.60. The molecule has 2 aliphatic rings. The second kappa shape index (κ2) is 11.6. The van der Waals surface area contributed by atoms with Crippen LogP contribution in [0.3, 0.4) is 0 Å². The van der Waals surface area contributed by atoms with Gasteiger partial charge in [0.05, 0.1) is 18.1 Å². The summed E-state index contributed by atoms with van der Waals surface area (Å²) in [6.45, 7) is 8.43. The van der Waals surface area contributed by atoms with Crippen molar-refractivity contribution in [1.82, 2.24) is 19.9 Å². The van der Waals surface area contributed by atoms with Gasteiger partial charge in [-0.2, -0.15) is 18.2 Å². The molecule has 1 N–H and O–H groups in total. The number of alkyl halides is 4. The lowest BCUT2D eigenvalue weighted by Gasteiger charge is -2.41. The molecule has 12 heteroatoms. The minimum absolute atomic E-state index is 0.190. The molecule has 3 aromatic rings. The van der Waals surface area contributed by atoms with Gasteiger partial charge < -0.3 is 19.7 Å². The SMILES string of the molecule is COc1nc2nc(C)nc(N[C@H](I)c3cccc(C(F)(F)F)c3C)c2cc1N1CCN(C2CCOCC2)CC1. The van der Waals surface area contributed by atoms with E-state index in [-0.39, 0.29) is 5.56 Å². The Balaban J connectivity index is 1.44. The van der Waals surface area contributed by atoms with E-state index in [1.54, 1.807) is 20.1 Å². The highest BCUT2D eigenvalue weighted by molar-refractivity contribution is 14.1. The zero-order chi connectivity index (χ0) is 27.7. The minimum atomic E-state index is -4.42. The molecule has 2 saturated heterocycles. The summed E-state index contributed by atoms with van der Waals surface area (Å²) in [6.07, 6.45) is -2.29. The molecular weight excluding hydrogens is 624 g/mol. The highest BCUT2D eigenvalue weighted by atomic mass is 127. The number of piperazine rings is 1. The highest BCUT2D eigenvalue weighted by Gasteiger charge is 2.34. The van der Waals surface area contributed by atoms with Gasteiger partial charge in [0.1, 0.15) is 21.4 Å². The number of nitrogens with one attached hydrogen (secondary N) is 1. The van der Waals surface area contributed by atoms with E-state index in [4.69, 9.17) is 14.5 Å². The molecule has 0 bridgehead atoms. The van der Waals surface area contributed by atoms with Gasteiger partial charge in [-0.15, -0.1) is 0 Å². The van der Waals surface area contributed by atoms with Crippen molar-refractivity contribution in [3.63, 3.8) is 0 Å². The third kappa shape index (κ3) is 6.02. The predicted molar refractivity (Wildman–Crippen MR) is 153 cm³/mol. The maximum Gasteiger partial charge on any atom is 0.416 e. The molecule has 39 heavy (non-hydrogen) atoms. The number of ether oxygens (including phenoxy) is 2. The van der Waals surface area contributed by atoms with Gasteiger partial charge in [0.15, 0.2) is 5.65 Å². The molecule has 0 saturated carbocycles. The van der Waals surface area contributed by atoms with Crippen LogP contribution in [0.25, 0.3) is 11.0 Å². The number of methoxy groups -OCH3 is 1. The van der Waals surface area contributed by atoms with E-state index in [0.29, 0.717) is 40.2 Å². The van der Waals surface area contributed by atoms with E-state index >= 15 is 0 Å². The summed E-state index contributed by atoms with van der Waals surface area (Å²) >= 11 is 2.11. The molecule has 0 spiro atoms. The van der Waals surface area contributed by atoms with Crippen molar-refractivity contribution in [3.8, 4) is 5.88 Å². The first-order chi connectivity index (χ1) is 18.7. The lowest BCUT2D eigenvalue weighted by atomic mass is 10.0. The number of halogens is 4. The fraction of sp³-hybridized carbons (Fsp3) is 0.519. The second-order valence-electron chi connectivity index (χ2n) is 9.90. The third-order valence-corrected chi connectivity index (χ3v) is 8.50. The molecule has 8 nitrogen and oxygen atoms in total. The number of fused-ring (bicyclic) bond motifs is 1. The lowest BCUT2D eigenvalue weighted by Crippen LogP contribution is -2.51. The molecular formula is C27H32F3IN6O2. The normalized spacial score (nSPS) is 18.4. The molecule has 210 valence electrons. The average Bonchev–Trinajstić information content (AvgIpc) is 2.92. The van der Waals surface area contributed by atoms with Crippen LogP contribution in [0.5, 0.6) is 5.88 Å².